The van der Waals surface area contributed by atoms with Crippen molar-refractivity contribution in [2.75, 3.05) is 0 Å². The van der Waals surface area contributed by atoms with Crippen molar-refractivity contribution in [3.63, 3.8) is 0 Å². The summed E-state index contributed by atoms with van der Waals surface area (Å²) in [6, 6.07) is 39.0. The quantitative estimate of drug-likeness (QED) is 0.152. The van der Waals surface area contributed by atoms with Gasteiger partial charge >= 0.3 is 0 Å². The third-order valence-corrected chi connectivity index (χ3v) is 8.06. The molecular formula is C39H36O3. The third kappa shape index (κ3) is 5.72. The summed E-state index contributed by atoms with van der Waals surface area (Å²) in [5, 5.41) is 0. The maximum Gasteiger partial charge on any atom is 0.194 e. The van der Waals surface area contributed by atoms with Crippen LogP contribution in [0, 0.1) is 0 Å². The van der Waals surface area contributed by atoms with E-state index in [1.807, 2.05) is 60.7 Å². The third-order valence-electron chi connectivity index (χ3n) is 8.06. The predicted octanol–water partition coefficient (Wildman–Crippen LogP) is 9.34. The van der Waals surface area contributed by atoms with E-state index in [-0.39, 0.29) is 5.78 Å². The number of hydrogen-bond donors (Lipinski definition) is 0. The first kappa shape index (κ1) is 27.8. The number of ether oxygens (including phenoxy) is 2. The van der Waals surface area contributed by atoms with Gasteiger partial charge in [-0.2, -0.15) is 0 Å². The molecule has 0 unspecified atom stereocenters. The first-order valence-electron chi connectivity index (χ1n) is 14.9. The van der Waals surface area contributed by atoms with Crippen LogP contribution in [0.2, 0.25) is 0 Å². The van der Waals surface area contributed by atoms with E-state index in [2.05, 4.69) is 61.5 Å². The van der Waals surface area contributed by atoms with Crippen LogP contribution in [0.5, 0.6) is 0 Å². The van der Waals surface area contributed by atoms with E-state index in [1.165, 1.54) is 0 Å². The van der Waals surface area contributed by atoms with E-state index in [0.29, 0.717) is 26.4 Å². The molecule has 210 valence electrons. The maximum atomic E-state index is 14.1. The van der Waals surface area contributed by atoms with Crippen LogP contribution in [-0.4, -0.2) is 5.78 Å². The van der Waals surface area contributed by atoms with E-state index < -0.39 is 0 Å². The number of unbranched alkanes of at least 4 members (excludes halogenated alkanes) is 1. The van der Waals surface area contributed by atoms with Crippen molar-refractivity contribution in [2.24, 2.45) is 0 Å². The summed E-state index contributed by atoms with van der Waals surface area (Å²) < 4.78 is 12.9. The van der Waals surface area contributed by atoms with Crippen LogP contribution in [0.25, 0.3) is 22.3 Å². The zero-order chi connectivity index (χ0) is 28.7. The molecule has 1 aliphatic rings. The van der Waals surface area contributed by atoms with Crippen LogP contribution in [0.4, 0.5) is 0 Å². The first-order chi connectivity index (χ1) is 20.8. The van der Waals surface area contributed by atoms with Gasteiger partial charge in [0.05, 0.1) is 26.4 Å². The molecule has 0 bridgehead atoms. The van der Waals surface area contributed by atoms with E-state index >= 15 is 0 Å². The second-order valence-electron chi connectivity index (χ2n) is 10.9. The Bertz CT molecular complexity index is 1660. The Morgan fingerprint density at radius 1 is 0.500 bits per heavy atom. The number of fused-ring (bicyclic) bond motifs is 3. The molecule has 3 nitrogen and oxygen atoms in total. The molecule has 42 heavy (non-hydrogen) atoms. The Hall–Kier alpha value is -4.31. The van der Waals surface area contributed by atoms with Crippen molar-refractivity contribution in [2.45, 2.75) is 52.6 Å². The smallest absolute Gasteiger partial charge is 0.194 e. The molecule has 0 aliphatic heterocycles. The average molecular weight is 553 g/mol. The van der Waals surface area contributed by atoms with Crippen molar-refractivity contribution in [1.82, 2.24) is 0 Å². The standard InChI is InChI=1S/C39H36O3/c1-2-3-21-32-34(26-41-24-28-15-7-4-8-16-28)35(27-42-25-29-17-9-5-10-18-29)36(30-19-11-6-12-20-30)37-31-22-13-14-23-33(31)39(40)38(32)37/h4-20,22-23H,2-3,21,24-27H2,1H3. The molecule has 0 aromatic heterocycles. The van der Waals surface area contributed by atoms with Crippen LogP contribution < -0.4 is 0 Å². The van der Waals surface area contributed by atoms with Crippen LogP contribution in [0.15, 0.2) is 115 Å². The molecule has 0 spiro atoms. The van der Waals surface area contributed by atoms with Gasteiger partial charge in [0.25, 0.3) is 0 Å². The summed E-state index contributed by atoms with van der Waals surface area (Å²) in [6.45, 7) is 4.05. The van der Waals surface area contributed by atoms with E-state index in [0.717, 1.165) is 80.5 Å². The fourth-order valence-electron chi connectivity index (χ4n) is 6.04. The molecule has 0 amide bonds. The molecule has 0 atom stereocenters. The van der Waals surface area contributed by atoms with Gasteiger partial charge in [-0.3, -0.25) is 4.79 Å². The highest BCUT2D eigenvalue weighted by Gasteiger charge is 2.35. The molecule has 3 heteroatoms. The Kier molecular flexibility index (Phi) is 8.69. The summed E-state index contributed by atoms with van der Waals surface area (Å²) in [7, 11) is 0. The van der Waals surface area contributed by atoms with Crippen molar-refractivity contribution < 1.29 is 14.3 Å². The molecular weight excluding hydrogens is 516 g/mol. The molecule has 0 radical (unpaired) electrons. The number of carbonyl (C=O) groups excluding carboxylic acids is 1. The molecule has 0 heterocycles. The molecule has 6 rings (SSSR count). The molecule has 0 fully saturated rings. The second kappa shape index (κ2) is 13.1. The Balaban J connectivity index is 1.53. The highest BCUT2D eigenvalue weighted by molar-refractivity contribution is 6.25. The van der Waals surface area contributed by atoms with E-state index in [4.69, 9.17) is 9.47 Å². The molecule has 0 saturated carbocycles. The van der Waals surface area contributed by atoms with Gasteiger partial charge in [-0.25, -0.2) is 0 Å². The largest absolute Gasteiger partial charge is 0.372 e. The number of rotatable bonds is 12. The van der Waals surface area contributed by atoms with Crippen LogP contribution >= 0.6 is 0 Å². The van der Waals surface area contributed by atoms with Gasteiger partial charge in [-0.15, -0.1) is 0 Å². The Labute approximate surface area is 248 Å². The van der Waals surface area contributed by atoms with Crippen molar-refractivity contribution in [3.05, 3.63) is 154 Å². The number of benzene rings is 5. The summed E-state index contributed by atoms with van der Waals surface area (Å²) in [5.74, 6) is 0.116. The predicted molar refractivity (Wildman–Crippen MR) is 169 cm³/mol. The summed E-state index contributed by atoms with van der Waals surface area (Å²) >= 11 is 0. The minimum atomic E-state index is 0.116. The molecule has 0 saturated heterocycles. The summed E-state index contributed by atoms with van der Waals surface area (Å²) in [4.78, 5) is 14.1. The first-order valence-corrected chi connectivity index (χ1v) is 14.9. The molecule has 0 N–H and O–H groups in total. The van der Waals surface area contributed by atoms with E-state index in [1.54, 1.807) is 0 Å². The number of ketones is 1. The van der Waals surface area contributed by atoms with Crippen LogP contribution in [0.1, 0.15) is 63.5 Å². The molecule has 5 aromatic rings. The highest BCUT2D eigenvalue weighted by Crippen LogP contribution is 2.48. The maximum absolute atomic E-state index is 14.1. The lowest BCUT2D eigenvalue weighted by Gasteiger charge is -2.24. The monoisotopic (exact) mass is 552 g/mol. The van der Waals surface area contributed by atoms with Gasteiger partial charge in [0.2, 0.25) is 0 Å². The van der Waals surface area contributed by atoms with Gasteiger partial charge in [-0.1, -0.05) is 129 Å². The molecule has 5 aromatic carbocycles. The fraction of sp³-hybridized carbons (Fsp3) is 0.205. The van der Waals surface area contributed by atoms with Crippen molar-refractivity contribution >= 4 is 5.78 Å². The second-order valence-corrected chi connectivity index (χ2v) is 10.9. The Morgan fingerprint density at radius 3 is 1.62 bits per heavy atom. The van der Waals surface area contributed by atoms with Gasteiger partial charge in [0.15, 0.2) is 5.78 Å². The lowest BCUT2D eigenvalue weighted by atomic mass is 9.82. The lowest BCUT2D eigenvalue weighted by Crippen LogP contribution is -2.13. The van der Waals surface area contributed by atoms with Crippen LogP contribution in [0.3, 0.4) is 0 Å². The minimum Gasteiger partial charge on any atom is -0.372 e. The van der Waals surface area contributed by atoms with E-state index in [9.17, 15) is 4.79 Å². The number of carbonyl (C=O) groups is 1. The SMILES string of the molecule is CCCCc1c(COCc2ccccc2)c(COCc2ccccc2)c(-c2ccccc2)c2c1C(=O)c1ccccc1-2. The van der Waals surface area contributed by atoms with Gasteiger partial charge in [0.1, 0.15) is 0 Å². The van der Waals surface area contributed by atoms with Crippen molar-refractivity contribution in [3.8, 4) is 22.3 Å². The number of hydrogen-bond acceptors (Lipinski definition) is 3. The van der Waals surface area contributed by atoms with Crippen LogP contribution in [-0.2, 0) is 42.3 Å². The fourth-order valence-corrected chi connectivity index (χ4v) is 6.04. The normalized spacial score (nSPS) is 11.9. The lowest BCUT2D eigenvalue weighted by molar-refractivity contribution is 0.0929. The minimum absolute atomic E-state index is 0.116. The zero-order valence-corrected chi connectivity index (χ0v) is 24.1. The summed E-state index contributed by atoms with van der Waals surface area (Å²) in [5.41, 5.74) is 11.4. The molecule has 1 aliphatic carbocycles. The van der Waals surface area contributed by atoms with Gasteiger partial charge in [-0.05, 0) is 57.3 Å². The van der Waals surface area contributed by atoms with Gasteiger partial charge < -0.3 is 9.47 Å². The highest BCUT2D eigenvalue weighted by atomic mass is 16.5. The topological polar surface area (TPSA) is 35.5 Å². The zero-order valence-electron chi connectivity index (χ0n) is 24.1. The summed E-state index contributed by atoms with van der Waals surface area (Å²) in [6.07, 6.45) is 2.86. The average Bonchev–Trinajstić information content (AvgIpc) is 3.34. The Morgan fingerprint density at radius 2 is 1.02 bits per heavy atom. The van der Waals surface area contributed by atoms with Gasteiger partial charge in [0, 0.05) is 16.7 Å². The van der Waals surface area contributed by atoms with Crippen molar-refractivity contribution in [1.29, 1.82) is 0 Å².